The smallest absolute Gasteiger partial charge is 0.407 e. The number of hydrogen-bond acceptors (Lipinski definition) is 5. The van der Waals surface area contributed by atoms with Crippen LogP contribution >= 0.6 is 0 Å². The van der Waals surface area contributed by atoms with Crippen molar-refractivity contribution in [2.75, 3.05) is 19.7 Å². The van der Waals surface area contributed by atoms with Gasteiger partial charge in [-0.25, -0.2) is 15.1 Å². The summed E-state index contributed by atoms with van der Waals surface area (Å²) in [5, 5.41) is 10.9. The Bertz CT molecular complexity index is 859. The maximum Gasteiger partial charge on any atom is 0.407 e. The average molecular weight is 477 g/mol. The number of hydrogen-bond donors (Lipinski definition) is 2. The Kier molecular flexibility index (Phi) is 8.37. The van der Waals surface area contributed by atoms with Gasteiger partial charge in [0.2, 0.25) is 0 Å². The molecule has 10 nitrogen and oxygen atoms in total. The van der Waals surface area contributed by atoms with Crippen LogP contribution in [0.15, 0.2) is 30.3 Å². The summed E-state index contributed by atoms with van der Waals surface area (Å²) in [6, 6.07) is 8.34. The topological polar surface area (TPSA) is 112 Å². The minimum Gasteiger partial charge on any atom is -0.465 e. The Morgan fingerprint density at radius 3 is 2.59 bits per heavy atom. The summed E-state index contributed by atoms with van der Waals surface area (Å²) in [4.78, 5) is 51.0. The second kappa shape index (κ2) is 11.1. The van der Waals surface area contributed by atoms with E-state index in [2.05, 4.69) is 26.3 Å². The van der Waals surface area contributed by atoms with Crippen LogP contribution in [0.25, 0.3) is 0 Å². The lowest BCUT2D eigenvalue weighted by Gasteiger charge is -2.31. The van der Waals surface area contributed by atoms with E-state index in [0.29, 0.717) is 25.8 Å². The lowest BCUT2D eigenvalue weighted by atomic mass is 9.88. The van der Waals surface area contributed by atoms with Crippen molar-refractivity contribution in [3.8, 4) is 0 Å². The molecule has 1 aromatic rings. The molecule has 3 rings (SSSR count). The first-order valence-electron chi connectivity index (χ1n) is 11.7. The van der Waals surface area contributed by atoms with Gasteiger partial charge in [0.05, 0.1) is 19.2 Å². The number of rotatable bonds is 10. The molecule has 4 amide bonds. The summed E-state index contributed by atoms with van der Waals surface area (Å²) in [5.74, 6) is -0.415. The Labute approximate surface area is 200 Å². The third kappa shape index (κ3) is 6.60. The van der Waals surface area contributed by atoms with Gasteiger partial charge in [-0.3, -0.25) is 14.5 Å². The lowest BCUT2D eigenvalue weighted by molar-refractivity contribution is -0.141. The van der Waals surface area contributed by atoms with Crippen LogP contribution in [-0.4, -0.2) is 75.8 Å². The molecule has 2 saturated heterocycles. The summed E-state index contributed by atoms with van der Waals surface area (Å²) >= 11 is 0. The normalized spacial score (nSPS) is 20.9. The fourth-order valence-electron chi connectivity index (χ4n) is 4.62. The molecule has 2 fully saturated rings. The average Bonchev–Trinajstić information content (AvgIpc) is 3.00. The molecule has 0 aromatic heterocycles. The fourth-order valence-corrected chi connectivity index (χ4v) is 4.62. The minimum absolute atomic E-state index is 0.0119. The van der Waals surface area contributed by atoms with Gasteiger partial charge < -0.3 is 14.9 Å². The first-order chi connectivity index (χ1) is 16.1. The molecule has 1 aromatic carbocycles. The summed E-state index contributed by atoms with van der Waals surface area (Å²) in [6.45, 7) is 8.88. The van der Waals surface area contributed by atoms with Crippen LogP contribution in [0.1, 0.15) is 52.5 Å². The van der Waals surface area contributed by atoms with E-state index in [0.717, 1.165) is 5.56 Å². The summed E-state index contributed by atoms with van der Waals surface area (Å²) in [6.07, 6.45) is 0.824. The van der Waals surface area contributed by atoms with Gasteiger partial charge in [-0.15, -0.1) is 0 Å². The molecule has 10 heteroatoms. The predicted octanol–water partition coefficient (Wildman–Crippen LogP) is 3.24. The first kappa shape index (κ1) is 25.8. The number of piperidine rings is 1. The van der Waals surface area contributed by atoms with Crippen molar-refractivity contribution in [3.63, 3.8) is 0 Å². The second-order valence-corrected chi connectivity index (χ2v) is 10.2. The molecule has 3 atom stereocenters. The third-order valence-corrected chi connectivity index (χ3v) is 6.13. The van der Waals surface area contributed by atoms with Crippen LogP contribution in [-0.2, 0) is 21.1 Å². The van der Waals surface area contributed by atoms with Crippen LogP contribution < -0.4 is 5.48 Å². The Balaban J connectivity index is 1.46. The van der Waals surface area contributed by atoms with Crippen LogP contribution in [0, 0.1) is 5.41 Å². The van der Waals surface area contributed by atoms with Gasteiger partial charge in [0, 0.05) is 12.6 Å². The van der Waals surface area contributed by atoms with Crippen LogP contribution in [0.4, 0.5) is 9.59 Å². The quantitative estimate of drug-likeness (QED) is 0.396. The van der Waals surface area contributed by atoms with Crippen molar-refractivity contribution in [1.82, 2.24) is 20.3 Å². The standard InChI is InChI=1S/C24H36N4O6/c1-17(14-24(2,3)4)26(23(31)32)12-13-33-25-21(29)20-11-10-19-15-27(20)22(30)28(19)34-16-18-8-6-5-7-9-18/h5-9,17,19-20H,10-16H2,1-4H3,(H,25,29)(H,31,32)/t17?,19-,20+/m1/s1. The number of hydroxylamine groups is 3. The SMILES string of the molecule is CC(CC(C)(C)C)N(CCONC(=O)[C@@H]1CC[C@@H]2CN1C(=O)N2OCc1ccccc1)C(=O)O. The number of nitrogens with one attached hydrogen (secondary N) is 1. The van der Waals surface area contributed by atoms with Crippen molar-refractivity contribution in [3.05, 3.63) is 35.9 Å². The van der Waals surface area contributed by atoms with Crippen molar-refractivity contribution in [2.24, 2.45) is 5.41 Å². The second-order valence-electron chi connectivity index (χ2n) is 10.2. The zero-order valence-electron chi connectivity index (χ0n) is 20.4. The number of benzene rings is 1. The minimum atomic E-state index is -1.02. The number of carboxylic acid groups (broad SMARTS) is 1. The van der Waals surface area contributed by atoms with Crippen molar-refractivity contribution in [2.45, 2.75) is 71.7 Å². The van der Waals surface area contributed by atoms with E-state index in [1.165, 1.54) is 14.9 Å². The van der Waals surface area contributed by atoms with E-state index in [1.54, 1.807) is 0 Å². The number of carbonyl (C=O) groups is 3. The van der Waals surface area contributed by atoms with Gasteiger partial charge in [0.1, 0.15) is 12.6 Å². The molecular formula is C24H36N4O6. The highest BCUT2D eigenvalue weighted by atomic mass is 16.7. The molecule has 2 N–H and O–H groups in total. The number of urea groups is 1. The maximum atomic E-state index is 12.8. The van der Waals surface area contributed by atoms with Crippen molar-refractivity contribution < 1.29 is 29.2 Å². The molecule has 2 aliphatic rings. The Morgan fingerprint density at radius 2 is 1.94 bits per heavy atom. The zero-order valence-corrected chi connectivity index (χ0v) is 20.4. The number of fused-ring (bicyclic) bond motifs is 2. The largest absolute Gasteiger partial charge is 0.465 e. The third-order valence-electron chi connectivity index (χ3n) is 6.13. The molecule has 0 saturated carbocycles. The molecule has 1 unspecified atom stereocenters. The number of amides is 4. The monoisotopic (exact) mass is 476 g/mol. The van der Waals surface area contributed by atoms with Crippen LogP contribution in [0.5, 0.6) is 0 Å². The highest BCUT2D eigenvalue weighted by Gasteiger charge is 2.48. The van der Waals surface area contributed by atoms with E-state index in [1.807, 2.05) is 37.3 Å². The lowest BCUT2D eigenvalue weighted by Crippen LogP contribution is -2.50. The Morgan fingerprint density at radius 1 is 1.24 bits per heavy atom. The van der Waals surface area contributed by atoms with Gasteiger partial charge in [-0.2, -0.15) is 5.06 Å². The van der Waals surface area contributed by atoms with E-state index < -0.39 is 18.0 Å². The van der Waals surface area contributed by atoms with Gasteiger partial charge in [-0.05, 0) is 37.2 Å². The Hall–Kier alpha value is -2.85. The van der Waals surface area contributed by atoms with Gasteiger partial charge in [0.25, 0.3) is 5.91 Å². The molecule has 34 heavy (non-hydrogen) atoms. The molecule has 2 bridgehead atoms. The molecule has 0 radical (unpaired) electrons. The van der Waals surface area contributed by atoms with Crippen molar-refractivity contribution in [1.29, 1.82) is 0 Å². The molecule has 0 spiro atoms. The van der Waals surface area contributed by atoms with E-state index in [4.69, 9.17) is 9.68 Å². The van der Waals surface area contributed by atoms with Crippen LogP contribution in [0.2, 0.25) is 0 Å². The predicted molar refractivity (Wildman–Crippen MR) is 124 cm³/mol. The summed E-state index contributed by atoms with van der Waals surface area (Å²) in [7, 11) is 0. The maximum absolute atomic E-state index is 12.8. The van der Waals surface area contributed by atoms with Gasteiger partial charge >= 0.3 is 12.1 Å². The molecule has 188 valence electrons. The molecular weight excluding hydrogens is 440 g/mol. The molecule has 2 heterocycles. The van der Waals surface area contributed by atoms with Gasteiger partial charge in [0.15, 0.2) is 0 Å². The van der Waals surface area contributed by atoms with Crippen LogP contribution in [0.3, 0.4) is 0 Å². The highest BCUT2D eigenvalue weighted by molar-refractivity contribution is 5.88. The molecule has 2 aliphatic heterocycles. The number of nitrogens with zero attached hydrogens (tertiary/aromatic N) is 3. The zero-order chi connectivity index (χ0) is 24.9. The first-order valence-corrected chi connectivity index (χ1v) is 11.7. The highest BCUT2D eigenvalue weighted by Crippen LogP contribution is 2.30. The van der Waals surface area contributed by atoms with Gasteiger partial charge in [-0.1, -0.05) is 51.1 Å². The summed E-state index contributed by atoms with van der Waals surface area (Å²) in [5.41, 5.74) is 3.35. The fraction of sp³-hybridized carbons (Fsp3) is 0.625. The number of carbonyl (C=O) groups excluding carboxylic acids is 2. The van der Waals surface area contributed by atoms with E-state index in [-0.39, 0.29) is 43.3 Å². The molecule has 0 aliphatic carbocycles. The van der Waals surface area contributed by atoms with Crippen molar-refractivity contribution >= 4 is 18.0 Å². The van der Waals surface area contributed by atoms with E-state index >= 15 is 0 Å². The summed E-state index contributed by atoms with van der Waals surface area (Å²) < 4.78 is 0. The van der Waals surface area contributed by atoms with E-state index in [9.17, 15) is 19.5 Å².